The van der Waals surface area contributed by atoms with E-state index in [0.717, 1.165) is 11.3 Å². The average Bonchev–Trinajstić information content (AvgIpc) is 2.32. The lowest BCUT2D eigenvalue weighted by molar-refractivity contribution is 0.618. The second-order valence-electron chi connectivity index (χ2n) is 3.56. The monoisotopic (exact) mass is 217 g/mol. The highest BCUT2D eigenvalue weighted by Gasteiger charge is 1.98. The van der Waals surface area contributed by atoms with Gasteiger partial charge in [0.15, 0.2) is 0 Å². The number of nitrogens with one attached hydrogen (secondary N) is 1. The van der Waals surface area contributed by atoms with Gasteiger partial charge in [0, 0.05) is 30.2 Å². The SMILES string of the molecule is Cc1cc(NCc2cncnc2)ccc1F. The van der Waals surface area contributed by atoms with Gasteiger partial charge in [-0.2, -0.15) is 0 Å². The molecule has 4 heteroatoms. The van der Waals surface area contributed by atoms with Gasteiger partial charge in [0.1, 0.15) is 12.1 Å². The number of rotatable bonds is 3. The normalized spacial score (nSPS) is 10.1. The van der Waals surface area contributed by atoms with E-state index >= 15 is 0 Å². The third-order valence-corrected chi connectivity index (χ3v) is 2.27. The van der Waals surface area contributed by atoms with Crippen LogP contribution in [0.3, 0.4) is 0 Å². The molecule has 1 aromatic heterocycles. The minimum atomic E-state index is -0.186. The van der Waals surface area contributed by atoms with Crippen molar-refractivity contribution in [2.75, 3.05) is 5.32 Å². The summed E-state index contributed by atoms with van der Waals surface area (Å²) >= 11 is 0. The summed E-state index contributed by atoms with van der Waals surface area (Å²) in [5.74, 6) is -0.186. The molecule has 2 rings (SSSR count). The third-order valence-electron chi connectivity index (χ3n) is 2.27. The molecular formula is C12H12FN3. The molecule has 0 saturated carbocycles. The smallest absolute Gasteiger partial charge is 0.126 e. The van der Waals surface area contributed by atoms with Gasteiger partial charge < -0.3 is 5.32 Å². The zero-order valence-electron chi connectivity index (χ0n) is 8.94. The number of anilines is 1. The van der Waals surface area contributed by atoms with Gasteiger partial charge >= 0.3 is 0 Å². The van der Waals surface area contributed by atoms with Gasteiger partial charge in [-0.3, -0.25) is 0 Å². The van der Waals surface area contributed by atoms with E-state index in [1.54, 1.807) is 31.5 Å². The Morgan fingerprint density at radius 3 is 2.69 bits per heavy atom. The maximum atomic E-state index is 13.0. The summed E-state index contributed by atoms with van der Waals surface area (Å²) in [7, 11) is 0. The number of halogens is 1. The minimum absolute atomic E-state index is 0.186. The van der Waals surface area contributed by atoms with Crippen molar-refractivity contribution in [1.82, 2.24) is 9.97 Å². The number of benzene rings is 1. The lowest BCUT2D eigenvalue weighted by atomic mass is 10.2. The molecule has 0 amide bonds. The van der Waals surface area contributed by atoms with Crippen LogP contribution in [0.4, 0.5) is 10.1 Å². The molecule has 1 aromatic carbocycles. The fourth-order valence-electron chi connectivity index (χ4n) is 1.38. The van der Waals surface area contributed by atoms with Crippen LogP contribution in [0.25, 0.3) is 0 Å². The molecule has 1 heterocycles. The molecule has 1 N–H and O–H groups in total. The Balaban J connectivity index is 2.03. The Kier molecular flexibility index (Phi) is 3.10. The number of aromatic nitrogens is 2. The van der Waals surface area contributed by atoms with Crippen LogP contribution in [0, 0.1) is 12.7 Å². The van der Waals surface area contributed by atoms with E-state index in [9.17, 15) is 4.39 Å². The molecule has 82 valence electrons. The summed E-state index contributed by atoms with van der Waals surface area (Å²) in [5, 5.41) is 3.18. The number of aryl methyl sites for hydroxylation is 1. The van der Waals surface area contributed by atoms with Gasteiger partial charge in [-0.25, -0.2) is 14.4 Å². The first kappa shape index (κ1) is 10.5. The zero-order chi connectivity index (χ0) is 11.4. The van der Waals surface area contributed by atoms with Gasteiger partial charge in [0.2, 0.25) is 0 Å². The number of hydrogen-bond donors (Lipinski definition) is 1. The molecule has 0 radical (unpaired) electrons. The summed E-state index contributed by atoms with van der Waals surface area (Å²) in [6, 6.07) is 4.95. The number of hydrogen-bond acceptors (Lipinski definition) is 3. The van der Waals surface area contributed by atoms with Gasteiger partial charge in [-0.05, 0) is 30.7 Å². The molecule has 0 aliphatic rings. The molecule has 0 aliphatic carbocycles. The van der Waals surface area contributed by atoms with E-state index in [-0.39, 0.29) is 5.82 Å². The third kappa shape index (κ3) is 2.53. The van der Waals surface area contributed by atoms with E-state index in [0.29, 0.717) is 12.1 Å². The van der Waals surface area contributed by atoms with Crippen LogP contribution >= 0.6 is 0 Å². The predicted octanol–water partition coefficient (Wildman–Crippen LogP) is 2.54. The van der Waals surface area contributed by atoms with Crippen molar-refractivity contribution < 1.29 is 4.39 Å². The lowest BCUT2D eigenvalue weighted by Crippen LogP contribution is -2.00. The van der Waals surface area contributed by atoms with E-state index in [4.69, 9.17) is 0 Å². The summed E-state index contributed by atoms with van der Waals surface area (Å²) in [6.45, 7) is 2.37. The van der Waals surface area contributed by atoms with Gasteiger partial charge in [0.25, 0.3) is 0 Å². The number of nitrogens with zero attached hydrogens (tertiary/aromatic N) is 2. The summed E-state index contributed by atoms with van der Waals surface area (Å²) in [5.41, 5.74) is 2.52. The fraction of sp³-hybridized carbons (Fsp3) is 0.167. The van der Waals surface area contributed by atoms with Crippen LogP contribution in [0.5, 0.6) is 0 Å². The predicted molar refractivity (Wildman–Crippen MR) is 60.5 cm³/mol. The molecule has 0 unspecified atom stereocenters. The molecule has 0 fully saturated rings. The lowest BCUT2D eigenvalue weighted by Gasteiger charge is -2.07. The van der Waals surface area contributed by atoms with Crippen LogP contribution in [0.2, 0.25) is 0 Å². The summed E-state index contributed by atoms with van der Waals surface area (Å²) in [6.07, 6.45) is 4.98. The van der Waals surface area contributed by atoms with Gasteiger partial charge in [0.05, 0.1) is 0 Å². The molecule has 2 aromatic rings. The van der Waals surface area contributed by atoms with Crippen LogP contribution in [-0.2, 0) is 6.54 Å². The molecule has 0 spiro atoms. The van der Waals surface area contributed by atoms with E-state index in [2.05, 4.69) is 15.3 Å². The molecule has 0 bridgehead atoms. The zero-order valence-corrected chi connectivity index (χ0v) is 8.94. The van der Waals surface area contributed by atoms with E-state index in [1.165, 1.54) is 12.4 Å². The van der Waals surface area contributed by atoms with E-state index in [1.807, 2.05) is 0 Å². The molecule has 0 aliphatic heterocycles. The van der Waals surface area contributed by atoms with Gasteiger partial charge in [-0.1, -0.05) is 0 Å². The maximum Gasteiger partial charge on any atom is 0.126 e. The first-order chi connectivity index (χ1) is 7.75. The van der Waals surface area contributed by atoms with Crippen LogP contribution in [0.1, 0.15) is 11.1 Å². The van der Waals surface area contributed by atoms with Crippen LogP contribution < -0.4 is 5.32 Å². The Morgan fingerprint density at radius 1 is 1.25 bits per heavy atom. The van der Waals surface area contributed by atoms with Crippen molar-refractivity contribution in [2.45, 2.75) is 13.5 Å². The molecule has 0 saturated heterocycles. The molecule has 0 atom stereocenters. The minimum Gasteiger partial charge on any atom is -0.381 e. The van der Waals surface area contributed by atoms with E-state index < -0.39 is 0 Å². The van der Waals surface area contributed by atoms with Crippen molar-refractivity contribution in [2.24, 2.45) is 0 Å². The average molecular weight is 217 g/mol. The highest BCUT2D eigenvalue weighted by Crippen LogP contribution is 2.14. The Bertz CT molecular complexity index is 471. The summed E-state index contributed by atoms with van der Waals surface area (Å²) < 4.78 is 13.0. The van der Waals surface area contributed by atoms with Crippen LogP contribution in [0.15, 0.2) is 36.9 Å². The molecule has 16 heavy (non-hydrogen) atoms. The topological polar surface area (TPSA) is 37.8 Å². The standard InChI is InChI=1S/C12H12FN3/c1-9-4-11(2-3-12(9)13)16-7-10-5-14-8-15-6-10/h2-6,8,16H,7H2,1H3. The second-order valence-corrected chi connectivity index (χ2v) is 3.56. The quantitative estimate of drug-likeness (QED) is 0.858. The Labute approximate surface area is 93.4 Å². The van der Waals surface area contributed by atoms with Crippen molar-refractivity contribution >= 4 is 5.69 Å². The maximum absolute atomic E-state index is 13.0. The fourth-order valence-corrected chi connectivity index (χ4v) is 1.38. The van der Waals surface area contributed by atoms with Crippen molar-refractivity contribution in [3.05, 3.63) is 53.9 Å². The molecular weight excluding hydrogens is 205 g/mol. The Morgan fingerprint density at radius 2 is 2.00 bits per heavy atom. The van der Waals surface area contributed by atoms with Gasteiger partial charge in [-0.15, -0.1) is 0 Å². The van der Waals surface area contributed by atoms with Crippen LogP contribution in [-0.4, -0.2) is 9.97 Å². The first-order valence-electron chi connectivity index (χ1n) is 4.99. The highest BCUT2D eigenvalue weighted by atomic mass is 19.1. The van der Waals surface area contributed by atoms with Crippen molar-refractivity contribution in [1.29, 1.82) is 0 Å². The summed E-state index contributed by atoms with van der Waals surface area (Å²) in [4.78, 5) is 7.84. The van der Waals surface area contributed by atoms with Crippen molar-refractivity contribution in [3.8, 4) is 0 Å². The Hall–Kier alpha value is -1.97. The largest absolute Gasteiger partial charge is 0.381 e. The second kappa shape index (κ2) is 4.70. The molecule has 3 nitrogen and oxygen atoms in total. The van der Waals surface area contributed by atoms with Crippen molar-refractivity contribution in [3.63, 3.8) is 0 Å². The highest BCUT2D eigenvalue weighted by molar-refractivity contribution is 5.46. The first-order valence-corrected chi connectivity index (χ1v) is 4.99.